The first-order valence-corrected chi connectivity index (χ1v) is 11.2. The summed E-state index contributed by atoms with van der Waals surface area (Å²) in [5.74, 6) is 0.283. The Hall–Kier alpha value is -0.870. The highest BCUT2D eigenvalue weighted by atomic mass is 31.2. The Balaban J connectivity index is 2.50. The quantitative estimate of drug-likeness (QED) is 0.263. The van der Waals surface area contributed by atoms with E-state index in [-0.39, 0.29) is 11.9 Å². The molecule has 150 valence electrons. The minimum atomic E-state index is -4.39. The molecule has 2 atom stereocenters. The van der Waals surface area contributed by atoms with Gasteiger partial charge in [-0.1, -0.05) is 70.1 Å². The Kier molecular flexibility index (Phi) is 10.5. The molecule has 26 heavy (non-hydrogen) atoms. The first-order valence-electron chi connectivity index (χ1n) is 9.76. The Morgan fingerprint density at radius 1 is 1.00 bits per heavy atom. The van der Waals surface area contributed by atoms with E-state index in [0.29, 0.717) is 11.0 Å². The molecule has 0 N–H and O–H groups in total. The summed E-state index contributed by atoms with van der Waals surface area (Å²) in [6.07, 6.45) is 8.74. The molecule has 0 aliphatic carbocycles. The minimum Gasteiger partial charge on any atom is -0.746 e. The third-order valence-electron chi connectivity index (χ3n) is 4.12. The van der Waals surface area contributed by atoms with Crippen molar-refractivity contribution in [3.05, 3.63) is 30.3 Å². The first kappa shape index (κ1) is 23.2. The molecule has 0 aliphatic heterocycles. The zero-order chi connectivity index (χ0) is 19.5. The van der Waals surface area contributed by atoms with Gasteiger partial charge in [0.05, 0.1) is 21.1 Å². The summed E-state index contributed by atoms with van der Waals surface area (Å²) in [6, 6.07) is 8.50. The molecule has 0 radical (unpaired) electrons. The highest BCUT2D eigenvalue weighted by Gasteiger charge is 2.24. The fourth-order valence-corrected chi connectivity index (χ4v) is 3.89. The molecule has 1 aromatic rings. The Bertz CT molecular complexity index is 530. The van der Waals surface area contributed by atoms with Crippen LogP contribution >= 0.6 is 7.82 Å². The van der Waals surface area contributed by atoms with Crippen LogP contribution in [0.25, 0.3) is 0 Å². The number of nitrogens with zero attached hydrogens (tertiary/aromatic N) is 1. The smallest absolute Gasteiger partial charge is 0.320 e. The molecule has 0 amide bonds. The van der Waals surface area contributed by atoms with Gasteiger partial charge in [0.2, 0.25) is 0 Å². The van der Waals surface area contributed by atoms with E-state index in [4.69, 9.17) is 9.05 Å². The largest absolute Gasteiger partial charge is 0.746 e. The zero-order valence-corrected chi connectivity index (χ0v) is 17.7. The minimum absolute atomic E-state index is 0.283. The lowest BCUT2D eigenvalue weighted by Gasteiger charge is -2.33. The van der Waals surface area contributed by atoms with E-state index >= 15 is 0 Å². The molecule has 0 saturated heterocycles. The maximum Gasteiger partial charge on any atom is 0.320 e. The second-order valence-electron chi connectivity index (χ2n) is 7.96. The van der Waals surface area contributed by atoms with Crippen LogP contribution in [0.5, 0.6) is 5.75 Å². The summed E-state index contributed by atoms with van der Waals surface area (Å²) in [5.41, 5.74) is 0. The third kappa shape index (κ3) is 11.7. The highest BCUT2D eigenvalue weighted by Crippen LogP contribution is 2.41. The molecule has 0 fully saturated rings. The highest BCUT2D eigenvalue weighted by molar-refractivity contribution is 7.46. The molecular formula is C20H36NO4P. The van der Waals surface area contributed by atoms with Crippen molar-refractivity contribution in [2.75, 3.05) is 27.7 Å². The molecular weight excluding hydrogens is 349 g/mol. The summed E-state index contributed by atoms with van der Waals surface area (Å²) in [7, 11) is 1.72. The van der Waals surface area contributed by atoms with Gasteiger partial charge in [-0.15, -0.1) is 0 Å². The number of unbranched alkanes of at least 4 members (excludes halogenated alkanes) is 6. The fraction of sp³-hybridized carbons (Fsp3) is 0.700. The van der Waals surface area contributed by atoms with E-state index in [1.165, 1.54) is 32.1 Å². The van der Waals surface area contributed by atoms with Crippen molar-refractivity contribution in [1.29, 1.82) is 0 Å². The number of phosphoric acid groups is 1. The molecule has 2 unspecified atom stereocenters. The van der Waals surface area contributed by atoms with Crippen molar-refractivity contribution in [2.45, 2.75) is 64.4 Å². The lowest BCUT2D eigenvalue weighted by Crippen LogP contribution is -2.42. The number of hydrogen-bond donors (Lipinski definition) is 0. The number of likely N-dealkylation sites (N-methyl/N-ethyl adjacent to an activating group) is 1. The van der Waals surface area contributed by atoms with Gasteiger partial charge in [-0.3, -0.25) is 4.57 Å². The summed E-state index contributed by atoms with van der Waals surface area (Å²) in [4.78, 5) is 12.3. The summed E-state index contributed by atoms with van der Waals surface area (Å²) >= 11 is 0. The van der Waals surface area contributed by atoms with Crippen LogP contribution in [0.2, 0.25) is 0 Å². The molecule has 6 heteroatoms. The molecule has 1 rings (SSSR count). The van der Waals surface area contributed by atoms with Crippen molar-refractivity contribution in [1.82, 2.24) is 0 Å². The van der Waals surface area contributed by atoms with Crippen LogP contribution in [0.15, 0.2) is 30.3 Å². The van der Waals surface area contributed by atoms with E-state index in [0.717, 1.165) is 19.3 Å². The van der Waals surface area contributed by atoms with Gasteiger partial charge in [-0.25, -0.2) is 0 Å². The molecule has 0 bridgehead atoms. The van der Waals surface area contributed by atoms with Crippen LogP contribution in [0.3, 0.4) is 0 Å². The summed E-state index contributed by atoms with van der Waals surface area (Å²) in [5, 5.41) is 0. The average Bonchev–Trinajstić information content (AvgIpc) is 2.52. The predicted molar refractivity (Wildman–Crippen MR) is 105 cm³/mol. The van der Waals surface area contributed by atoms with Gasteiger partial charge in [0.1, 0.15) is 18.4 Å². The topological polar surface area (TPSA) is 58.6 Å². The van der Waals surface area contributed by atoms with Crippen LogP contribution in [-0.4, -0.2) is 38.3 Å². The maximum atomic E-state index is 12.3. The van der Waals surface area contributed by atoms with Gasteiger partial charge >= 0.3 is 7.82 Å². The number of benzene rings is 1. The van der Waals surface area contributed by atoms with Gasteiger partial charge in [-0.2, -0.15) is 0 Å². The van der Waals surface area contributed by atoms with Crippen LogP contribution in [0, 0.1) is 0 Å². The number of rotatable bonds is 14. The van der Waals surface area contributed by atoms with Gasteiger partial charge in [0, 0.05) is 0 Å². The van der Waals surface area contributed by atoms with Crippen molar-refractivity contribution in [3.63, 3.8) is 0 Å². The van der Waals surface area contributed by atoms with Gasteiger partial charge in [0.25, 0.3) is 0 Å². The Morgan fingerprint density at radius 3 is 2.15 bits per heavy atom. The summed E-state index contributed by atoms with van der Waals surface area (Å²) < 4.78 is 23.4. The van der Waals surface area contributed by atoms with E-state index in [2.05, 4.69) is 6.92 Å². The third-order valence-corrected chi connectivity index (χ3v) is 5.11. The molecule has 5 nitrogen and oxygen atoms in total. The van der Waals surface area contributed by atoms with Gasteiger partial charge in [0.15, 0.2) is 0 Å². The van der Waals surface area contributed by atoms with Crippen LogP contribution in [0.1, 0.15) is 58.3 Å². The molecule has 0 saturated carbocycles. The van der Waals surface area contributed by atoms with E-state index in [1.54, 1.807) is 24.3 Å². The molecule has 0 aromatic heterocycles. The Morgan fingerprint density at radius 2 is 1.58 bits per heavy atom. The Labute approximate surface area is 159 Å². The number of quaternary nitrogens is 1. The number of phosphoric ester groups is 1. The summed E-state index contributed by atoms with van der Waals surface area (Å²) in [6.45, 7) is 2.84. The van der Waals surface area contributed by atoms with Crippen LogP contribution in [0.4, 0.5) is 0 Å². The monoisotopic (exact) mass is 385 g/mol. The van der Waals surface area contributed by atoms with Crippen LogP contribution in [-0.2, 0) is 9.09 Å². The maximum absolute atomic E-state index is 12.3. The molecule has 0 heterocycles. The number of hydrogen-bond acceptors (Lipinski definition) is 4. The second kappa shape index (κ2) is 11.8. The SMILES string of the molecule is CCCCCCCCCC(C[N+](C)(C)C)OP(=O)([O-])Oc1ccccc1. The van der Waals surface area contributed by atoms with Crippen molar-refractivity contribution in [3.8, 4) is 5.75 Å². The second-order valence-corrected chi connectivity index (χ2v) is 9.25. The molecule has 0 aliphatic rings. The number of para-hydroxylation sites is 1. The zero-order valence-electron chi connectivity index (χ0n) is 16.9. The average molecular weight is 385 g/mol. The normalized spacial score (nSPS) is 15.4. The fourth-order valence-electron chi connectivity index (χ4n) is 2.93. The molecule has 0 spiro atoms. The van der Waals surface area contributed by atoms with Crippen molar-refractivity contribution >= 4 is 7.82 Å². The van der Waals surface area contributed by atoms with Crippen molar-refractivity contribution < 1.29 is 23.0 Å². The lowest BCUT2D eigenvalue weighted by molar-refractivity contribution is -0.873. The van der Waals surface area contributed by atoms with E-state index < -0.39 is 7.82 Å². The van der Waals surface area contributed by atoms with Gasteiger partial charge < -0.3 is 18.4 Å². The van der Waals surface area contributed by atoms with E-state index in [9.17, 15) is 9.46 Å². The molecule has 1 aromatic carbocycles. The van der Waals surface area contributed by atoms with Crippen molar-refractivity contribution in [2.24, 2.45) is 0 Å². The standard InChI is InChI=1S/C20H36NO4P/c1-5-6-7-8-9-10-12-17-20(18-21(2,3)4)25-26(22,23)24-19-15-13-11-14-16-19/h11,13-16,20H,5-10,12,17-18H2,1-4H3. The van der Waals surface area contributed by atoms with Gasteiger partial charge in [-0.05, 0) is 18.6 Å². The lowest BCUT2D eigenvalue weighted by atomic mass is 10.1. The van der Waals surface area contributed by atoms with Crippen LogP contribution < -0.4 is 9.42 Å². The van der Waals surface area contributed by atoms with E-state index in [1.807, 2.05) is 27.2 Å². The first-order chi connectivity index (χ1) is 12.2. The predicted octanol–water partition coefficient (Wildman–Crippen LogP) is 4.77.